The molecule has 1 saturated heterocycles. The Morgan fingerprint density at radius 2 is 2.15 bits per heavy atom. The zero-order chi connectivity index (χ0) is 9.10. The summed E-state index contributed by atoms with van der Waals surface area (Å²) in [6, 6.07) is 0. The van der Waals surface area contributed by atoms with Crippen LogP contribution < -0.4 is 21.7 Å². The van der Waals surface area contributed by atoms with Crippen molar-refractivity contribution in [3.63, 3.8) is 0 Å². The Morgan fingerprint density at radius 1 is 1.38 bits per heavy atom. The summed E-state index contributed by atoms with van der Waals surface area (Å²) in [6.45, 7) is 5.49. The first-order valence-corrected chi connectivity index (χ1v) is 4.98. The van der Waals surface area contributed by atoms with E-state index < -0.39 is 0 Å². The molecule has 4 nitrogen and oxygen atoms in total. The summed E-state index contributed by atoms with van der Waals surface area (Å²) < 4.78 is 0. The SMILES string of the molecule is C/C=C\NNNCC1[C@H]2CNC[C@@H]12. The summed E-state index contributed by atoms with van der Waals surface area (Å²) in [5.74, 6) is 2.77. The number of nitrogens with one attached hydrogen (secondary N) is 4. The lowest BCUT2D eigenvalue weighted by Gasteiger charge is -2.07. The second-order valence-electron chi connectivity index (χ2n) is 3.80. The third-order valence-electron chi connectivity index (χ3n) is 3.02. The maximum Gasteiger partial charge on any atom is 0.0152 e. The molecule has 4 heteroatoms. The lowest BCUT2D eigenvalue weighted by Crippen LogP contribution is -2.42. The number of allylic oxidation sites excluding steroid dienone is 1. The smallest absolute Gasteiger partial charge is 0.0152 e. The molecular formula is C9H18N4. The van der Waals surface area contributed by atoms with Gasteiger partial charge in [-0.05, 0) is 37.8 Å². The molecule has 2 aliphatic rings. The summed E-state index contributed by atoms with van der Waals surface area (Å²) in [6.07, 6.45) is 3.81. The van der Waals surface area contributed by atoms with Crippen LogP contribution in [0.1, 0.15) is 6.92 Å². The van der Waals surface area contributed by atoms with Crippen LogP contribution in [-0.4, -0.2) is 19.6 Å². The monoisotopic (exact) mass is 182 g/mol. The van der Waals surface area contributed by atoms with Crippen molar-refractivity contribution in [2.45, 2.75) is 6.92 Å². The molecule has 4 N–H and O–H groups in total. The molecule has 0 aromatic heterocycles. The number of hydrogen-bond acceptors (Lipinski definition) is 4. The van der Waals surface area contributed by atoms with Crippen molar-refractivity contribution in [2.75, 3.05) is 19.6 Å². The van der Waals surface area contributed by atoms with Crippen LogP contribution in [0.25, 0.3) is 0 Å². The maximum atomic E-state index is 3.39. The molecule has 1 aliphatic heterocycles. The standard InChI is InChI=1S/C9H18N4/c1-2-3-11-13-12-6-9-7-4-10-5-8(7)9/h2-3,7-13H,4-6H2,1H3/b3-2-/t7-,8+,9?. The number of piperidine rings is 1. The van der Waals surface area contributed by atoms with Crippen LogP contribution in [0.3, 0.4) is 0 Å². The second kappa shape index (κ2) is 4.09. The van der Waals surface area contributed by atoms with Gasteiger partial charge < -0.3 is 10.7 Å². The third-order valence-corrected chi connectivity index (χ3v) is 3.02. The molecule has 0 amide bonds. The highest BCUT2D eigenvalue weighted by Crippen LogP contribution is 2.47. The lowest BCUT2D eigenvalue weighted by atomic mass is 10.3. The molecule has 1 unspecified atom stereocenters. The summed E-state index contributed by atoms with van der Waals surface area (Å²) in [4.78, 5) is 0. The van der Waals surface area contributed by atoms with E-state index >= 15 is 0 Å². The van der Waals surface area contributed by atoms with Crippen molar-refractivity contribution in [3.8, 4) is 0 Å². The quantitative estimate of drug-likeness (QED) is 0.345. The summed E-state index contributed by atoms with van der Waals surface area (Å²) in [5, 5.41) is 3.39. The van der Waals surface area contributed by atoms with Crippen LogP contribution in [0.15, 0.2) is 12.3 Å². The van der Waals surface area contributed by atoms with Gasteiger partial charge in [-0.15, -0.1) is 0 Å². The van der Waals surface area contributed by atoms with Gasteiger partial charge in [0.1, 0.15) is 0 Å². The average Bonchev–Trinajstić information content (AvgIpc) is 2.62. The van der Waals surface area contributed by atoms with Crippen LogP contribution in [0.4, 0.5) is 0 Å². The highest BCUT2D eigenvalue weighted by Gasteiger charge is 2.52. The molecule has 1 heterocycles. The van der Waals surface area contributed by atoms with Gasteiger partial charge in [-0.25, -0.2) is 5.43 Å². The second-order valence-corrected chi connectivity index (χ2v) is 3.80. The molecule has 0 spiro atoms. The van der Waals surface area contributed by atoms with Gasteiger partial charge in [-0.1, -0.05) is 6.08 Å². The fourth-order valence-corrected chi connectivity index (χ4v) is 2.19. The molecule has 1 saturated carbocycles. The van der Waals surface area contributed by atoms with Crippen molar-refractivity contribution in [1.29, 1.82) is 0 Å². The molecule has 0 bridgehead atoms. The normalized spacial score (nSPS) is 36.5. The highest BCUT2D eigenvalue weighted by molar-refractivity contribution is 5.04. The minimum Gasteiger partial charge on any atom is -0.316 e. The predicted molar refractivity (Wildman–Crippen MR) is 52.4 cm³/mol. The first kappa shape index (κ1) is 8.99. The van der Waals surface area contributed by atoms with Crippen LogP contribution >= 0.6 is 0 Å². The Hall–Kier alpha value is -0.580. The third kappa shape index (κ3) is 2.02. The summed E-state index contributed by atoms with van der Waals surface area (Å²) in [7, 11) is 0. The average molecular weight is 182 g/mol. The van der Waals surface area contributed by atoms with Gasteiger partial charge >= 0.3 is 0 Å². The van der Waals surface area contributed by atoms with Gasteiger partial charge in [-0.3, -0.25) is 0 Å². The molecule has 0 radical (unpaired) electrons. The molecule has 74 valence electrons. The summed E-state index contributed by atoms with van der Waals surface area (Å²) in [5.41, 5.74) is 9.04. The van der Waals surface area contributed by atoms with Crippen molar-refractivity contribution < 1.29 is 0 Å². The van der Waals surface area contributed by atoms with E-state index in [1.54, 1.807) is 0 Å². The van der Waals surface area contributed by atoms with E-state index in [1.165, 1.54) is 13.1 Å². The van der Waals surface area contributed by atoms with Gasteiger partial charge in [-0.2, -0.15) is 5.53 Å². The van der Waals surface area contributed by atoms with E-state index in [0.29, 0.717) is 0 Å². The van der Waals surface area contributed by atoms with Gasteiger partial charge in [0.25, 0.3) is 0 Å². The topological polar surface area (TPSA) is 48.1 Å². The van der Waals surface area contributed by atoms with Crippen LogP contribution in [0.5, 0.6) is 0 Å². The van der Waals surface area contributed by atoms with Gasteiger partial charge in [0.05, 0.1) is 0 Å². The van der Waals surface area contributed by atoms with E-state index in [9.17, 15) is 0 Å². The maximum absolute atomic E-state index is 3.39. The van der Waals surface area contributed by atoms with Crippen LogP contribution in [-0.2, 0) is 0 Å². The predicted octanol–water partition coefficient (Wildman–Crippen LogP) is -0.416. The lowest BCUT2D eigenvalue weighted by molar-refractivity contribution is 0.444. The van der Waals surface area contributed by atoms with E-state index in [0.717, 1.165) is 24.3 Å². The Bertz CT molecular complexity index is 182. The van der Waals surface area contributed by atoms with E-state index in [-0.39, 0.29) is 0 Å². The zero-order valence-electron chi connectivity index (χ0n) is 8.01. The van der Waals surface area contributed by atoms with Gasteiger partial charge in [0.2, 0.25) is 0 Å². The molecule has 2 rings (SSSR count). The molecule has 0 aromatic carbocycles. The number of hydrogen-bond donors (Lipinski definition) is 4. The van der Waals surface area contributed by atoms with E-state index in [1.807, 2.05) is 19.2 Å². The van der Waals surface area contributed by atoms with Crippen molar-refractivity contribution in [3.05, 3.63) is 12.3 Å². The van der Waals surface area contributed by atoms with Crippen LogP contribution in [0.2, 0.25) is 0 Å². The van der Waals surface area contributed by atoms with Crippen molar-refractivity contribution >= 4 is 0 Å². The highest BCUT2D eigenvalue weighted by atomic mass is 15.6. The van der Waals surface area contributed by atoms with E-state index in [2.05, 4.69) is 21.7 Å². The molecule has 2 fully saturated rings. The molecule has 0 aromatic rings. The van der Waals surface area contributed by atoms with Crippen LogP contribution in [0, 0.1) is 17.8 Å². The largest absolute Gasteiger partial charge is 0.316 e. The number of fused-ring (bicyclic) bond motifs is 1. The molecule has 3 atom stereocenters. The Morgan fingerprint density at radius 3 is 2.85 bits per heavy atom. The molecular weight excluding hydrogens is 164 g/mol. The Balaban J connectivity index is 1.50. The minimum atomic E-state index is 0.890. The fourth-order valence-electron chi connectivity index (χ4n) is 2.19. The zero-order valence-corrected chi connectivity index (χ0v) is 8.01. The fraction of sp³-hybridized carbons (Fsp3) is 0.778. The van der Waals surface area contributed by atoms with E-state index in [4.69, 9.17) is 0 Å². The molecule has 1 aliphatic carbocycles. The van der Waals surface area contributed by atoms with Crippen molar-refractivity contribution in [1.82, 2.24) is 21.7 Å². The first-order valence-electron chi connectivity index (χ1n) is 4.98. The first-order chi connectivity index (χ1) is 6.43. The summed E-state index contributed by atoms with van der Waals surface area (Å²) >= 11 is 0. The molecule has 13 heavy (non-hydrogen) atoms. The van der Waals surface area contributed by atoms with Crippen molar-refractivity contribution in [2.24, 2.45) is 17.8 Å². The number of hydrazine groups is 2. The van der Waals surface area contributed by atoms with Gasteiger partial charge in [0.15, 0.2) is 0 Å². The van der Waals surface area contributed by atoms with Gasteiger partial charge in [0, 0.05) is 12.7 Å². The number of rotatable bonds is 5. The Kier molecular flexibility index (Phi) is 2.83. The Labute approximate surface area is 79.1 Å². The minimum absolute atomic E-state index is 0.890.